The lowest BCUT2D eigenvalue weighted by Gasteiger charge is -2.28. The largest absolute Gasteiger partial charge is 0.353 e. The maximum atomic E-state index is 11.5. The lowest BCUT2D eigenvalue weighted by Crippen LogP contribution is -2.48. The zero-order valence-corrected chi connectivity index (χ0v) is 10.4. The first-order valence-electron chi connectivity index (χ1n) is 5.81. The van der Waals surface area contributed by atoms with Gasteiger partial charge in [0.2, 0.25) is 5.91 Å². The summed E-state index contributed by atoms with van der Waals surface area (Å²) in [4.78, 5) is 17.8. The van der Waals surface area contributed by atoms with E-state index >= 15 is 0 Å². The third kappa shape index (κ3) is 1.99. The Kier molecular flexibility index (Phi) is 2.80. The fourth-order valence-electron chi connectivity index (χ4n) is 2.21. The van der Waals surface area contributed by atoms with Crippen molar-refractivity contribution >= 4 is 34.1 Å². The van der Waals surface area contributed by atoms with Gasteiger partial charge in [-0.15, -0.1) is 0 Å². The van der Waals surface area contributed by atoms with Crippen LogP contribution in [0.4, 0.5) is 5.82 Å². The number of halogens is 1. The molecule has 1 fully saturated rings. The third-order valence-corrected chi connectivity index (χ3v) is 3.22. The van der Waals surface area contributed by atoms with Crippen LogP contribution in [-0.4, -0.2) is 30.5 Å². The molecule has 2 aromatic rings. The van der Waals surface area contributed by atoms with E-state index in [1.54, 1.807) is 0 Å². The third-order valence-electron chi connectivity index (χ3n) is 3.03. The maximum Gasteiger partial charge on any atom is 0.239 e. The van der Waals surface area contributed by atoms with Crippen LogP contribution in [0.2, 0.25) is 5.15 Å². The molecule has 1 aromatic heterocycles. The van der Waals surface area contributed by atoms with Crippen LogP contribution < -0.4 is 10.2 Å². The van der Waals surface area contributed by atoms with Gasteiger partial charge in [-0.1, -0.05) is 35.9 Å². The number of nitrogens with one attached hydrogen (secondary N) is 1. The number of nitrogens with zero attached hydrogens (tertiary/aromatic N) is 2. The molecule has 1 N–H and O–H groups in total. The van der Waals surface area contributed by atoms with Gasteiger partial charge in [-0.25, -0.2) is 4.98 Å². The van der Waals surface area contributed by atoms with Gasteiger partial charge in [0.05, 0.1) is 6.54 Å². The smallest absolute Gasteiger partial charge is 0.239 e. The molecule has 5 heteroatoms. The fourth-order valence-corrected chi connectivity index (χ4v) is 2.41. The highest BCUT2D eigenvalue weighted by molar-refractivity contribution is 6.30. The van der Waals surface area contributed by atoms with Crippen LogP contribution in [0, 0.1) is 0 Å². The number of hydrogen-bond acceptors (Lipinski definition) is 3. The van der Waals surface area contributed by atoms with Gasteiger partial charge < -0.3 is 10.2 Å². The first kappa shape index (κ1) is 11.3. The number of aromatic nitrogens is 1. The van der Waals surface area contributed by atoms with Crippen molar-refractivity contribution in [2.24, 2.45) is 0 Å². The highest BCUT2D eigenvalue weighted by Gasteiger charge is 2.19. The summed E-state index contributed by atoms with van der Waals surface area (Å²) in [5.74, 6) is 0.806. The van der Waals surface area contributed by atoms with Crippen molar-refractivity contribution in [2.75, 3.05) is 24.5 Å². The van der Waals surface area contributed by atoms with Crippen LogP contribution in [-0.2, 0) is 4.79 Å². The molecule has 0 bridgehead atoms. The number of fused-ring (bicyclic) bond motifs is 1. The Labute approximate surface area is 110 Å². The van der Waals surface area contributed by atoms with E-state index in [0.717, 1.165) is 23.1 Å². The first-order valence-corrected chi connectivity index (χ1v) is 6.19. The lowest BCUT2D eigenvalue weighted by atomic mass is 10.1. The van der Waals surface area contributed by atoms with Crippen molar-refractivity contribution in [1.82, 2.24) is 10.3 Å². The summed E-state index contributed by atoms with van der Waals surface area (Å²) >= 11 is 6.04. The Morgan fingerprint density at radius 3 is 3.00 bits per heavy atom. The Morgan fingerprint density at radius 2 is 2.17 bits per heavy atom. The molecule has 0 saturated carbocycles. The molecule has 0 unspecified atom stereocenters. The molecule has 0 radical (unpaired) electrons. The highest BCUT2D eigenvalue weighted by atomic mass is 35.5. The molecule has 2 heterocycles. The lowest BCUT2D eigenvalue weighted by molar-refractivity contribution is -0.120. The SMILES string of the molecule is O=C1CN(c2nc(Cl)cc3ccccc23)CCN1. The minimum absolute atomic E-state index is 0.0205. The van der Waals surface area contributed by atoms with Crippen LogP contribution in [0.5, 0.6) is 0 Å². The number of carbonyl (C=O) groups excluding carboxylic acids is 1. The summed E-state index contributed by atoms with van der Waals surface area (Å²) in [6.45, 7) is 1.72. The van der Waals surface area contributed by atoms with Crippen LogP contribution in [0.15, 0.2) is 30.3 Å². The minimum atomic E-state index is 0.0205. The molecule has 0 spiro atoms. The van der Waals surface area contributed by atoms with Crippen LogP contribution >= 0.6 is 11.6 Å². The molecule has 18 heavy (non-hydrogen) atoms. The molecular formula is C13H12ClN3O. The van der Waals surface area contributed by atoms with Crippen molar-refractivity contribution < 1.29 is 4.79 Å². The van der Waals surface area contributed by atoms with E-state index in [2.05, 4.69) is 10.3 Å². The second-order valence-corrected chi connectivity index (χ2v) is 4.65. The van der Waals surface area contributed by atoms with Gasteiger partial charge in [-0.3, -0.25) is 4.79 Å². The number of piperazine rings is 1. The zero-order chi connectivity index (χ0) is 12.5. The molecule has 4 nitrogen and oxygen atoms in total. The van der Waals surface area contributed by atoms with Crippen LogP contribution in [0.1, 0.15) is 0 Å². The van der Waals surface area contributed by atoms with Gasteiger partial charge in [0.25, 0.3) is 0 Å². The van der Waals surface area contributed by atoms with E-state index in [9.17, 15) is 4.79 Å². The molecule has 3 rings (SSSR count). The number of amides is 1. The number of anilines is 1. The van der Waals surface area contributed by atoms with Crippen molar-refractivity contribution in [3.8, 4) is 0 Å². The molecule has 1 saturated heterocycles. The number of rotatable bonds is 1. The normalized spacial score (nSPS) is 15.8. The quantitative estimate of drug-likeness (QED) is 0.797. The summed E-state index contributed by atoms with van der Waals surface area (Å²) in [5, 5.41) is 5.32. The molecule has 0 atom stereocenters. The van der Waals surface area contributed by atoms with Crippen LogP contribution in [0.25, 0.3) is 10.8 Å². The second-order valence-electron chi connectivity index (χ2n) is 4.26. The monoisotopic (exact) mass is 261 g/mol. The van der Waals surface area contributed by atoms with Gasteiger partial charge in [0.1, 0.15) is 11.0 Å². The molecule has 1 aliphatic heterocycles. The van der Waals surface area contributed by atoms with E-state index in [0.29, 0.717) is 18.2 Å². The van der Waals surface area contributed by atoms with Gasteiger partial charge in [0.15, 0.2) is 0 Å². The van der Waals surface area contributed by atoms with Crippen LogP contribution in [0.3, 0.4) is 0 Å². The summed E-state index contributed by atoms with van der Waals surface area (Å²) in [7, 11) is 0. The standard InChI is InChI=1S/C13H12ClN3O/c14-11-7-9-3-1-2-4-10(9)13(16-11)17-6-5-15-12(18)8-17/h1-4,7H,5-6,8H2,(H,15,18). The second kappa shape index (κ2) is 4.46. The zero-order valence-electron chi connectivity index (χ0n) is 9.69. The molecule has 1 amide bonds. The summed E-state index contributed by atoms with van der Waals surface area (Å²) in [5.41, 5.74) is 0. The van der Waals surface area contributed by atoms with Crippen molar-refractivity contribution in [3.63, 3.8) is 0 Å². The molecule has 1 aliphatic rings. The van der Waals surface area contributed by atoms with Gasteiger partial charge >= 0.3 is 0 Å². The summed E-state index contributed by atoms with van der Waals surface area (Å²) < 4.78 is 0. The topological polar surface area (TPSA) is 45.2 Å². The van der Waals surface area contributed by atoms with Gasteiger partial charge in [-0.2, -0.15) is 0 Å². The van der Waals surface area contributed by atoms with E-state index < -0.39 is 0 Å². The van der Waals surface area contributed by atoms with E-state index in [1.165, 1.54) is 0 Å². The predicted molar refractivity (Wildman–Crippen MR) is 72.0 cm³/mol. The first-order chi connectivity index (χ1) is 8.74. The average Bonchev–Trinajstić information content (AvgIpc) is 2.37. The van der Waals surface area contributed by atoms with Gasteiger partial charge in [0, 0.05) is 18.5 Å². The Morgan fingerprint density at radius 1 is 1.33 bits per heavy atom. The number of benzene rings is 1. The summed E-state index contributed by atoms with van der Waals surface area (Å²) in [6, 6.07) is 9.76. The Balaban J connectivity index is 2.12. The maximum absolute atomic E-state index is 11.5. The number of pyridine rings is 1. The average molecular weight is 262 g/mol. The van der Waals surface area contributed by atoms with E-state index in [1.807, 2.05) is 35.2 Å². The predicted octanol–water partition coefficient (Wildman–Crippen LogP) is 1.82. The van der Waals surface area contributed by atoms with Crippen molar-refractivity contribution in [1.29, 1.82) is 0 Å². The molecular weight excluding hydrogens is 250 g/mol. The number of carbonyl (C=O) groups is 1. The Bertz CT molecular complexity index is 614. The summed E-state index contributed by atoms with van der Waals surface area (Å²) in [6.07, 6.45) is 0. The molecule has 92 valence electrons. The highest BCUT2D eigenvalue weighted by Crippen LogP contribution is 2.27. The van der Waals surface area contributed by atoms with Crippen molar-refractivity contribution in [2.45, 2.75) is 0 Å². The fraction of sp³-hybridized carbons (Fsp3) is 0.231. The van der Waals surface area contributed by atoms with E-state index in [-0.39, 0.29) is 5.91 Å². The molecule has 0 aliphatic carbocycles. The Hall–Kier alpha value is -1.81. The molecule has 1 aromatic carbocycles. The number of hydrogen-bond donors (Lipinski definition) is 1. The van der Waals surface area contributed by atoms with E-state index in [4.69, 9.17) is 11.6 Å². The van der Waals surface area contributed by atoms with Gasteiger partial charge in [-0.05, 0) is 11.5 Å². The minimum Gasteiger partial charge on any atom is -0.353 e. The van der Waals surface area contributed by atoms with Crippen molar-refractivity contribution in [3.05, 3.63) is 35.5 Å².